The van der Waals surface area contributed by atoms with Gasteiger partial charge in [-0.15, -0.1) is 0 Å². The molecule has 0 rings (SSSR count). The first-order valence-electron chi connectivity index (χ1n) is 1.94. The minimum atomic E-state index is -2.22. The smallest absolute Gasteiger partial charge is 1.00 e. The van der Waals surface area contributed by atoms with Crippen LogP contribution in [0.2, 0.25) is 0 Å². The fraction of sp³-hybridized carbons (Fsp3) is 0.500. The van der Waals surface area contributed by atoms with Crippen LogP contribution < -0.4 is 0 Å². The van der Waals surface area contributed by atoms with Gasteiger partial charge < -0.3 is 2.85 Å². The molecule has 0 heterocycles. The van der Waals surface area contributed by atoms with Gasteiger partial charge in [0.1, 0.15) is 0 Å². The summed E-state index contributed by atoms with van der Waals surface area (Å²) in [6.45, 7) is 0. The first kappa shape index (κ1) is 12.5. The van der Waals surface area contributed by atoms with E-state index in [1.54, 1.807) is 0 Å². The first-order chi connectivity index (χ1) is 3.68. The molecule has 0 bridgehead atoms. The Kier molecular flexibility index (Phi) is 9.53. The van der Waals surface area contributed by atoms with Crippen molar-refractivity contribution in [1.29, 1.82) is 0 Å². The topological polar surface area (TPSA) is 0 Å². The van der Waals surface area contributed by atoms with Crippen LogP contribution >= 0.6 is 15.9 Å². The molecular formula is C4H6BrF3Mg. The van der Waals surface area contributed by atoms with Crippen LogP contribution in [0.4, 0.5) is 13.2 Å². The van der Waals surface area contributed by atoms with Crippen molar-refractivity contribution >= 4 is 39.0 Å². The van der Waals surface area contributed by atoms with Crippen molar-refractivity contribution in [3.05, 3.63) is 11.9 Å². The van der Waals surface area contributed by atoms with Crippen molar-refractivity contribution < 1.29 is 16.0 Å². The van der Waals surface area contributed by atoms with Crippen LogP contribution in [0.1, 0.15) is 9.27 Å². The monoisotopic (exact) mass is 214 g/mol. The molecule has 0 radical (unpaired) electrons. The fourth-order valence-corrected chi connectivity index (χ4v) is 0.526. The van der Waals surface area contributed by atoms with Crippen molar-refractivity contribution in [3.63, 3.8) is 0 Å². The molecule has 0 saturated heterocycles. The summed E-state index contributed by atoms with van der Waals surface area (Å²) in [5, 5.41) is 0.232. The number of hydrogen-bond donors (Lipinski definition) is 0. The van der Waals surface area contributed by atoms with E-state index in [9.17, 15) is 13.2 Å². The molecule has 0 aliphatic heterocycles. The summed E-state index contributed by atoms with van der Waals surface area (Å²) in [6, 6.07) is 0. The first-order valence-corrected chi connectivity index (χ1v) is 3.06. The van der Waals surface area contributed by atoms with Crippen molar-refractivity contribution in [2.75, 3.05) is 5.33 Å². The molecule has 5 heteroatoms. The third-order valence-electron chi connectivity index (χ3n) is 0.519. The van der Waals surface area contributed by atoms with Crippen LogP contribution in [-0.2, 0) is 0 Å². The third-order valence-corrected chi connectivity index (χ3v) is 0.916. The van der Waals surface area contributed by atoms with Gasteiger partial charge in [-0.1, -0.05) is 15.9 Å². The van der Waals surface area contributed by atoms with Crippen molar-refractivity contribution in [2.24, 2.45) is 0 Å². The zero-order valence-electron chi connectivity index (χ0n) is 6.63. The van der Waals surface area contributed by atoms with E-state index in [1.807, 2.05) is 0 Å². The molecular weight excluding hydrogens is 209 g/mol. The van der Waals surface area contributed by atoms with Gasteiger partial charge in [0.05, 0.1) is 0 Å². The minimum absolute atomic E-state index is 0. The molecule has 0 N–H and O–H groups in total. The van der Waals surface area contributed by atoms with Crippen LogP contribution in [0.5, 0.6) is 0 Å². The fourth-order valence-electron chi connectivity index (χ4n) is 0.177. The van der Waals surface area contributed by atoms with E-state index in [2.05, 4.69) is 15.9 Å². The second-order valence-corrected chi connectivity index (χ2v) is 1.90. The average molecular weight is 215 g/mol. The summed E-state index contributed by atoms with van der Waals surface area (Å²) < 4.78 is 33.8. The van der Waals surface area contributed by atoms with Crippen LogP contribution in [0.25, 0.3) is 0 Å². The van der Waals surface area contributed by atoms with Crippen LogP contribution in [-0.4, -0.2) is 28.4 Å². The van der Waals surface area contributed by atoms with Gasteiger partial charge in [-0.3, -0.25) is 0 Å². The Morgan fingerprint density at radius 1 is 1.33 bits per heavy atom. The molecule has 0 aliphatic carbocycles. The SMILES string of the molecule is FC(F)=C(F)CCBr.[H-].[H-].[Mg+2]. The molecule has 0 aromatic rings. The van der Waals surface area contributed by atoms with Crippen molar-refractivity contribution in [2.45, 2.75) is 6.42 Å². The molecule has 0 atom stereocenters. The molecule has 0 unspecified atom stereocenters. The number of alkyl halides is 1. The van der Waals surface area contributed by atoms with Gasteiger partial charge >= 0.3 is 29.1 Å². The Morgan fingerprint density at radius 3 is 1.89 bits per heavy atom. The molecule has 0 spiro atoms. The van der Waals surface area contributed by atoms with Crippen LogP contribution in [0.15, 0.2) is 11.9 Å². The van der Waals surface area contributed by atoms with Gasteiger partial charge in [0.15, 0.2) is 5.83 Å². The second kappa shape index (κ2) is 6.89. The maximum absolute atomic E-state index is 11.6. The Hall–Kier alpha value is 0.776. The van der Waals surface area contributed by atoms with Gasteiger partial charge in [-0.05, 0) is 0 Å². The van der Waals surface area contributed by atoms with Crippen LogP contribution in [0, 0.1) is 0 Å². The van der Waals surface area contributed by atoms with E-state index in [0.717, 1.165) is 0 Å². The van der Waals surface area contributed by atoms with E-state index < -0.39 is 11.9 Å². The molecule has 0 nitrogen and oxygen atoms in total. The summed E-state index contributed by atoms with van der Waals surface area (Å²) in [5.41, 5.74) is 0. The molecule has 0 saturated carbocycles. The molecule has 9 heavy (non-hydrogen) atoms. The maximum Gasteiger partial charge on any atom is 2.00 e. The number of rotatable bonds is 2. The van der Waals surface area contributed by atoms with Gasteiger partial charge in [0, 0.05) is 11.8 Å². The zero-order chi connectivity index (χ0) is 6.57. The van der Waals surface area contributed by atoms with E-state index >= 15 is 0 Å². The number of hydrogen-bond acceptors (Lipinski definition) is 0. The summed E-state index contributed by atoms with van der Waals surface area (Å²) in [7, 11) is 0. The molecule has 52 valence electrons. The summed E-state index contributed by atoms with van der Waals surface area (Å²) in [4.78, 5) is 0. The van der Waals surface area contributed by atoms with E-state index in [0.29, 0.717) is 0 Å². The van der Waals surface area contributed by atoms with Gasteiger partial charge in [-0.25, -0.2) is 4.39 Å². The van der Waals surface area contributed by atoms with Gasteiger partial charge in [0.2, 0.25) is 0 Å². The van der Waals surface area contributed by atoms with E-state index in [1.165, 1.54) is 0 Å². The number of allylic oxidation sites excluding steroid dienone is 1. The van der Waals surface area contributed by atoms with Crippen molar-refractivity contribution in [1.82, 2.24) is 0 Å². The zero-order valence-corrected chi connectivity index (χ0v) is 7.63. The molecule has 0 aromatic carbocycles. The number of halogens is 4. The van der Waals surface area contributed by atoms with Gasteiger partial charge in [-0.2, -0.15) is 8.78 Å². The Balaban J connectivity index is -0.0000000817. The Labute approximate surface area is 78.7 Å². The minimum Gasteiger partial charge on any atom is -1.00 e. The maximum atomic E-state index is 11.6. The predicted molar refractivity (Wildman–Crippen MR) is 36.7 cm³/mol. The molecule has 0 fully saturated rings. The summed E-state index contributed by atoms with van der Waals surface area (Å²) >= 11 is 2.81. The van der Waals surface area contributed by atoms with Crippen molar-refractivity contribution in [3.8, 4) is 0 Å². The largest absolute Gasteiger partial charge is 2.00 e. The summed E-state index contributed by atoms with van der Waals surface area (Å²) in [5.74, 6) is -1.33. The predicted octanol–water partition coefficient (Wildman–Crippen LogP) is 2.69. The molecule has 0 aliphatic rings. The standard InChI is InChI=1S/C4H4BrF3.Mg.2H/c5-2-1-3(6)4(7)8;;;/h1-2H2;;;/q;+2;2*-1. The second-order valence-electron chi connectivity index (χ2n) is 1.10. The van der Waals surface area contributed by atoms with E-state index in [4.69, 9.17) is 0 Å². The third kappa shape index (κ3) is 6.66. The normalized spacial score (nSPS) is 8.00. The van der Waals surface area contributed by atoms with Gasteiger partial charge in [0.25, 0.3) is 0 Å². The summed E-state index contributed by atoms with van der Waals surface area (Å²) in [6.07, 6.45) is -2.45. The Bertz CT molecular complexity index is 108. The quantitative estimate of drug-likeness (QED) is 0.491. The molecule has 0 aromatic heterocycles. The average Bonchev–Trinajstić information content (AvgIpc) is 1.67. The molecule has 0 amide bonds. The van der Waals surface area contributed by atoms with E-state index in [-0.39, 0.29) is 37.7 Å². The van der Waals surface area contributed by atoms with Crippen LogP contribution in [0.3, 0.4) is 0 Å². The Morgan fingerprint density at radius 2 is 1.78 bits per heavy atom.